The predicted octanol–water partition coefficient (Wildman–Crippen LogP) is 4.76. The molecule has 7 heteroatoms. The van der Waals surface area contributed by atoms with E-state index in [1.54, 1.807) is 23.5 Å². The normalized spacial score (nSPS) is 16.2. The Labute approximate surface area is 192 Å². The van der Waals surface area contributed by atoms with Crippen LogP contribution in [0.25, 0.3) is 0 Å². The Balaban J connectivity index is 1.85. The van der Waals surface area contributed by atoms with E-state index in [4.69, 9.17) is 4.74 Å². The smallest absolute Gasteiger partial charge is 0.252 e. The van der Waals surface area contributed by atoms with E-state index < -0.39 is 10.0 Å². The molecule has 174 valence electrons. The first-order valence-electron chi connectivity index (χ1n) is 11.3. The van der Waals surface area contributed by atoms with Gasteiger partial charge in [0.1, 0.15) is 5.75 Å². The number of methoxy groups -OCH3 is 1. The number of rotatable bonds is 7. The molecule has 1 unspecified atom stereocenters. The Hall–Kier alpha value is -2.38. The quantitative estimate of drug-likeness (QED) is 0.649. The largest absolute Gasteiger partial charge is 0.496 e. The average molecular weight is 459 g/mol. The Morgan fingerprint density at radius 2 is 1.72 bits per heavy atom. The van der Waals surface area contributed by atoms with E-state index >= 15 is 0 Å². The Kier molecular flexibility index (Phi) is 7.96. The number of nitrogens with zero attached hydrogens (tertiary/aromatic N) is 1. The number of hydrogen-bond acceptors (Lipinski definition) is 4. The fraction of sp³-hybridized carbons (Fsp3) is 0.480. The van der Waals surface area contributed by atoms with Gasteiger partial charge in [-0.2, -0.15) is 4.31 Å². The van der Waals surface area contributed by atoms with Crippen molar-refractivity contribution in [3.63, 3.8) is 0 Å². The Bertz CT molecular complexity index is 1060. The molecule has 1 heterocycles. The van der Waals surface area contributed by atoms with Crippen LogP contribution in [0.1, 0.15) is 72.1 Å². The van der Waals surface area contributed by atoms with Crippen molar-refractivity contribution < 1.29 is 17.9 Å². The Morgan fingerprint density at radius 1 is 1.03 bits per heavy atom. The number of nitrogens with one attached hydrogen (secondary N) is 1. The van der Waals surface area contributed by atoms with Gasteiger partial charge in [0.2, 0.25) is 10.0 Å². The van der Waals surface area contributed by atoms with Gasteiger partial charge in [-0.05, 0) is 68.0 Å². The molecule has 0 radical (unpaired) electrons. The number of sulfonamides is 1. The molecule has 0 aliphatic carbocycles. The van der Waals surface area contributed by atoms with Crippen LogP contribution in [-0.4, -0.2) is 38.8 Å². The van der Waals surface area contributed by atoms with Crippen LogP contribution in [0.3, 0.4) is 0 Å². The molecule has 1 N–H and O–H groups in total. The van der Waals surface area contributed by atoms with E-state index in [0.717, 1.165) is 48.1 Å². The van der Waals surface area contributed by atoms with Crippen LogP contribution < -0.4 is 10.1 Å². The summed E-state index contributed by atoms with van der Waals surface area (Å²) in [5.41, 5.74) is 3.13. The zero-order chi connectivity index (χ0) is 23.3. The molecule has 0 spiro atoms. The lowest BCUT2D eigenvalue weighted by Crippen LogP contribution is -2.32. The zero-order valence-corrected chi connectivity index (χ0v) is 20.3. The molecule has 1 amide bonds. The third-order valence-corrected chi connectivity index (χ3v) is 8.09. The highest BCUT2D eigenvalue weighted by molar-refractivity contribution is 7.89. The molecule has 6 nitrogen and oxygen atoms in total. The third kappa shape index (κ3) is 5.33. The number of amides is 1. The van der Waals surface area contributed by atoms with Crippen molar-refractivity contribution in [2.75, 3.05) is 20.2 Å². The first-order chi connectivity index (χ1) is 15.3. The lowest BCUT2D eigenvalue weighted by molar-refractivity contribution is 0.0934. The molecular weight excluding hydrogens is 424 g/mol. The van der Waals surface area contributed by atoms with E-state index in [1.165, 1.54) is 6.07 Å². The van der Waals surface area contributed by atoms with E-state index in [-0.39, 0.29) is 16.8 Å². The molecular formula is C25H34N2O4S. The highest BCUT2D eigenvalue weighted by Crippen LogP contribution is 2.26. The highest BCUT2D eigenvalue weighted by Gasteiger charge is 2.27. The molecule has 0 aromatic heterocycles. The summed E-state index contributed by atoms with van der Waals surface area (Å²) >= 11 is 0. The second kappa shape index (κ2) is 10.5. The molecule has 1 aliphatic rings. The molecule has 1 aliphatic heterocycles. The van der Waals surface area contributed by atoms with Crippen molar-refractivity contribution in [2.24, 2.45) is 0 Å². The van der Waals surface area contributed by atoms with Crippen molar-refractivity contribution in [3.05, 3.63) is 58.7 Å². The second-order valence-corrected chi connectivity index (χ2v) is 10.4. The molecule has 2 aromatic carbocycles. The van der Waals surface area contributed by atoms with Crippen LogP contribution >= 0.6 is 0 Å². The predicted molar refractivity (Wildman–Crippen MR) is 127 cm³/mol. The van der Waals surface area contributed by atoms with Crippen molar-refractivity contribution in [2.45, 2.75) is 63.8 Å². The maximum Gasteiger partial charge on any atom is 0.252 e. The van der Waals surface area contributed by atoms with Gasteiger partial charge in [0.25, 0.3) is 5.91 Å². The molecule has 1 saturated heterocycles. The van der Waals surface area contributed by atoms with Gasteiger partial charge in [-0.1, -0.05) is 38.0 Å². The summed E-state index contributed by atoms with van der Waals surface area (Å²) < 4.78 is 33.3. The first-order valence-corrected chi connectivity index (χ1v) is 12.8. The minimum absolute atomic E-state index is 0.183. The summed E-state index contributed by atoms with van der Waals surface area (Å²) in [6, 6.07) is 10.5. The SMILES string of the molecule is CCC(NC(=O)c1cc(S(=O)(=O)N2CCCCCC2)ccc1C)c1ccc(OC)c(C)c1. The first kappa shape index (κ1) is 24.3. The Morgan fingerprint density at radius 3 is 2.31 bits per heavy atom. The van der Waals surface area contributed by atoms with Gasteiger partial charge in [0.15, 0.2) is 0 Å². The minimum atomic E-state index is -3.62. The van der Waals surface area contributed by atoms with Crippen molar-refractivity contribution in [1.82, 2.24) is 9.62 Å². The number of ether oxygens (including phenoxy) is 1. The van der Waals surface area contributed by atoms with Gasteiger partial charge < -0.3 is 10.1 Å². The molecule has 32 heavy (non-hydrogen) atoms. The number of carbonyl (C=O) groups excluding carboxylic acids is 1. The van der Waals surface area contributed by atoms with E-state index in [1.807, 2.05) is 39.0 Å². The van der Waals surface area contributed by atoms with Gasteiger partial charge in [0, 0.05) is 18.7 Å². The van der Waals surface area contributed by atoms with Crippen molar-refractivity contribution in [3.8, 4) is 5.75 Å². The fourth-order valence-corrected chi connectivity index (χ4v) is 5.76. The summed E-state index contributed by atoms with van der Waals surface area (Å²) in [4.78, 5) is 13.4. The number of benzene rings is 2. The maximum absolute atomic E-state index is 13.2. The maximum atomic E-state index is 13.2. The molecule has 3 rings (SSSR count). The van der Waals surface area contributed by atoms with Gasteiger partial charge in [-0.3, -0.25) is 4.79 Å². The number of carbonyl (C=O) groups is 1. The topological polar surface area (TPSA) is 75.7 Å². The molecule has 2 aromatic rings. The zero-order valence-electron chi connectivity index (χ0n) is 19.5. The number of hydrogen-bond donors (Lipinski definition) is 1. The monoisotopic (exact) mass is 458 g/mol. The van der Waals surface area contributed by atoms with Gasteiger partial charge in [0.05, 0.1) is 18.0 Å². The summed E-state index contributed by atoms with van der Waals surface area (Å²) in [5.74, 6) is 0.535. The average Bonchev–Trinajstić information content (AvgIpc) is 3.07. The van der Waals surface area contributed by atoms with E-state index in [9.17, 15) is 13.2 Å². The van der Waals surface area contributed by atoms with Crippen LogP contribution in [0.4, 0.5) is 0 Å². The second-order valence-electron chi connectivity index (χ2n) is 8.46. The van der Waals surface area contributed by atoms with Gasteiger partial charge >= 0.3 is 0 Å². The van der Waals surface area contributed by atoms with Crippen LogP contribution in [0.5, 0.6) is 5.75 Å². The lowest BCUT2D eigenvalue weighted by atomic mass is 10.0. The third-order valence-electron chi connectivity index (χ3n) is 6.19. The van der Waals surface area contributed by atoms with Crippen molar-refractivity contribution >= 4 is 15.9 Å². The summed E-state index contributed by atoms with van der Waals surface area (Å²) in [7, 11) is -1.98. The molecule has 0 saturated carbocycles. The van der Waals surface area contributed by atoms with Gasteiger partial charge in [-0.25, -0.2) is 8.42 Å². The summed E-state index contributed by atoms with van der Waals surface area (Å²) in [6.45, 7) is 6.88. The van der Waals surface area contributed by atoms with Crippen LogP contribution in [0.2, 0.25) is 0 Å². The van der Waals surface area contributed by atoms with Crippen LogP contribution in [0.15, 0.2) is 41.3 Å². The summed E-state index contributed by atoms with van der Waals surface area (Å²) in [5, 5.41) is 3.08. The molecule has 1 fully saturated rings. The van der Waals surface area contributed by atoms with Crippen molar-refractivity contribution in [1.29, 1.82) is 0 Å². The molecule has 1 atom stereocenters. The summed E-state index contributed by atoms with van der Waals surface area (Å²) in [6.07, 6.45) is 4.56. The van der Waals surface area contributed by atoms with Crippen LogP contribution in [0, 0.1) is 13.8 Å². The standard InChI is InChI=1S/C25H34N2O4S/c1-5-23(20-11-13-24(31-4)19(3)16-20)26-25(28)22-17-21(12-10-18(22)2)32(29,30)27-14-8-6-7-9-15-27/h10-13,16-17,23H,5-9,14-15H2,1-4H3,(H,26,28). The van der Waals surface area contributed by atoms with Gasteiger partial charge in [-0.15, -0.1) is 0 Å². The fourth-order valence-electron chi connectivity index (χ4n) is 4.21. The number of aryl methyl sites for hydroxylation is 2. The van der Waals surface area contributed by atoms with E-state index in [2.05, 4.69) is 5.32 Å². The van der Waals surface area contributed by atoms with E-state index in [0.29, 0.717) is 25.1 Å². The molecule has 0 bridgehead atoms. The van der Waals surface area contributed by atoms with Crippen LogP contribution in [-0.2, 0) is 10.0 Å². The minimum Gasteiger partial charge on any atom is -0.496 e. The lowest BCUT2D eigenvalue weighted by Gasteiger charge is -2.22. The highest BCUT2D eigenvalue weighted by atomic mass is 32.2.